The Bertz CT molecular complexity index is 1170. The fourth-order valence-corrected chi connectivity index (χ4v) is 5.15. The lowest BCUT2D eigenvalue weighted by Gasteiger charge is -2.14. The third kappa shape index (κ3) is 3.26. The standard InChI is InChI=1S/C17H18IN8OP/c1-9-21-14-12(7-13(19)23-17(14)26(9)28-18)22-11-6-4-5-10(15(11)27-3)16-20-8-25(2)24-16/h4-8,28H,1-3H3,(H3,19,22,23). The number of benzene rings is 1. The summed E-state index contributed by atoms with van der Waals surface area (Å²) < 4.78 is 9.38. The van der Waals surface area contributed by atoms with Crippen LogP contribution in [0.3, 0.4) is 0 Å². The molecule has 0 aliphatic heterocycles. The fourth-order valence-electron chi connectivity index (χ4n) is 3.01. The fraction of sp³-hybridized carbons (Fsp3) is 0.176. The summed E-state index contributed by atoms with van der Waals surface area (Å²) in [6.07, 6.45) is 2.14. The van der Waals surface area contributed by atoms with Crippen molar-refractivity contribution in [2.75, 3.05) is 18.2 Å². The minimum atomic E-state index is 0.423. The van der Waals surface area contributed by atoms with Crippen molar-refractivity contribution in [1.82, 2.24) is 29.1 Å². The van der Waals surface area contributed by atoms with Gasteiger partial charge in [-0.15, -0.1) is 0 Å². The first-order chi connectivity index (χ1) is 13.5. The Hall–Kier alpha value is -2.46. The van der Waals surface area contributed by atoms with E-state index >= 15 is 0 Å². The van der Waals surface area contributed by atoms with Crippen molar-refractivity contribution < 1.29 is 4.74 Å². The van der Waals surface area contributed by atoms with Gasteiger partial charge in [0.05, 0.1) is 30.4 Å². The Kier molecular flexibility index (Phi) is 5.07. The Balaban J connectivity index is 1.84. The van der Waals surface area contributed by atoms with Crippen molar-refractivity contribution in [2.24, 2.45) is 7.05 Å². The predicted octanol–water partition coefficient (Wildman–Crippen LogP) is 3.66. The number of hydrogen-bond acceptors (Lipinski definition) is 7. The van der Waals surface area contributed by atoms with Crippen LogP contribution in [-0.4, -0.2) is 36.2 Å². The van der Waals surface area contributed by atoms with E-state index in [-0.39, 0.29) is 0 Å². The zero-order chi connectivity index (χ0) is 19.8. The number of aromatic nitrogens is 6. The second kappa shape index (κ2) is 7.51. The van der Waals surface area contributed by atoms with Gasteiger partial charge in [-0.05, 0) is 41.1 Å². The monoisotopic (exact) mass is 508 g/mol. The Morgan fingerprint density at radius 2 is 2.07 bits per heavy atom. The second-order valence-corrected chi connectivity index (χ2v) is 8.16. The van der Waals surface area contributed by atoms with Crippen molar-refractivity contribution >= 4 is 56.8 Å². The zero-order valence-electron chi connectivity index (χ0n) is 15.4. The Labute approximate surface area is 176 Å². The van der Waals surface area contributed by atoms with Crippen LogP contribution in [0.5, 0.6) is 5.75 Å². The van der Waals surface area contributed by atoms with Crippen molar-refractivity contribution in [2.45, 2.75) is 6.92 Å². The first kappa shape index (κ1) is 18.9. The Morgan fingerprint density at radius 1 is 1.25 bits per heavy atom. The third-order valence-electron chi connectivity index (χ3n) is 4.22. The molecule has 1 atom stereocenters. The van der Waals surface area contributed by atoms with E-state index in [1.807, 2.05) is 36.5 Å². The number of nitrogen functional groups attached to an aromatic ring is 1. The van der Waals surface area contributed by atoms with Gasteiger partial charge in [0, 0.05) is 13.1 Å². The number of imidazole rings is 1. The van der Waals surface area contributed by atoms with E-state index in [4.69, 9.17) is 10.5 Å². The van der Waals surface area contributed by atoms with Crippen LogP contribution in [0.4, 0.5) is 17.2 Å². The number of nitrogens with zero attached hydrogens (tertiary/aromatic N) is 6. The number of hydrogen-bond donors (Lipinski definition) is 2. The summed E-state index contributed by atoms with van der Waals surface area (Å²) in [4.78, 5) is 13.5. The highest BCUT2D eigenvalue weighted by atomic mass is 127. The Morgan fingerprint density at radius 3 is 2.75 bits per heavy atom. The van der Waals surface area contributed by atoms with Crippen molar-refractivity contribution in [3.8, 4) is 17.1 Å². The van der Waals surface area contributed by atoms with E-state index in [1.165, 1.54) is 0 Å². The summed E-state index contributed by atoms with van der Waals surface area (Å²) in [5.74, 6) is 2.55. The van der Waals surface area contributed by atoms with Crippen molar-refractivity contribution in [3.63, 3.8) is 0 Å². The number of pyridine rings is 1. The third-order valence-corrected chi connectivity index (χ3v) is 6.37. The molecule has 3 N–H and O–H groups in total. The van der Waals surface area contributed by atoms with Crippen LogP contribution in [0.15, 0.2) is 30.6 Å². The molecule has 0 aliphatic carbocycles. The number of anilines is 3. The van der Waals surface area contributed by atoms with E-state index in [0.717, 1.165) is 33.9 Å². The quantitative estimate of drug-likeness (QED) is 0.313. The van der Waals surface area contributed by atoms with Gasteiger partial charge in [0.2, 0.25) is 0 Å². The summed E-state index contributed by atoms with van der Waals surface area (Å²) in [6, 6.07) is 7.55. The maximum atomic E-state index is 6.06. The van der Waals surface area contributed by atoms with Gasteiger partial charge in [0.1, 0.15) is 23.5 Å². The van der Waals surface area contributed by atoms with Crippen LogP contribution in [0.2, 0.25) is 0 Å². The maximum Gasteiger partial charge on any atom is 0.184 e. The van der Waals surface area contributed by atoms with Crippen LogP contribution in [0, 0.1) is 6.92 Å². The summed E-state index contributed by atoms with van der Waals surface area (Å²) in [5, 5.41) is 7.79. The predicted molar refractivity (Wildman–Crippen MR) is 121 cm³/mol. The first-order valence-corrected chi connectivity index (χ1v) is 12.4. The van der Waals surface area contributed by atoms with Crippen LogP contribution < -0.4 is 15.8 Å². The molecule has 3 aromatic heterocycles. The lowest BCUT2D eigenvalue weighted by Crippen LogP contribution is -2.00. The number of ether oxygens (including phenoxy) is 1. The van der Waals surface area contributed by atoms with Crippen LogP contribution in [-0.2, 0) is 7.05 Å². The van der Waals surface area contributed by atoms with E-state index in [0.29, 0.717) is 23.8 Å². The minimum Gasteiger partial charge on any atom is -0.494 e. The van der Waals surface area contributed by atoms with Gasteiger partial charge in [0.15, 0.2) is 17.2 Å². The van der Waals surface area contributed by atoms with Crippen molar-refractivity contribution in [3.05, 3.63) is 36.4 Å². The van der Waals surface area contributed by atoms with Crippen LogP contribution in [0.1, 0.15) is 5.82 Å². The number of fused-ring (bicyclic) bond motifs is 1. The summed E-state index contributed by atoms with van der Waals surface area (Å²) in [5.41, 5.74) is 9.91. The van der Waals surface area contributed by atoms with Crippen LogP contribution >= 0.6 is 28.4 Å². The molecule has 0 saturated carbocycles. The number of nitrogens with one attached hydrogen (secondary N) is 1. The van der Waals surface area contributed by atoms with Gasteiger partial charge in [-0.2, -0.15) is 5.10 Å². The molecule has 0 fully saturated rings. The minimum absolute atomic E-state index is 0.423. The normalized spacial score (nSPS) is 11.6. The van der Waals surface area contributed by atoms with Crippen molar-refractivity contribution in [1.29, 1.82) is 0 Å². The van der Waals surface area contributed by atoms with Gasteiger partial charge in [-0.3, -0.25) is 9.02 Å². The molecule has 4 aromatic rings. The molecule has 0 amide bonds. The molecule has 0 radical (unpaired) electrons. The molecule has 11 heteroatoms. The van der Waals surface area contributed by atoms with E-state index in [9.17, 15) is 0 Å². The second-order valence-electron chi connectivity index (χ2n) is 6.10. The van der Waals surface area contributed by atoms with E-state index < -0.39 is 0 Å². The SMILES string of the molecule is COc1c(Nc2cc(N)nc3c2nc(C)n3PI)cccc1-c1ncn(C)n1. The summed E-state index contributed by atoms with van der Waals surface area (Å²) in [7, 11) is 3.45. The van der Waals surface area contributed by atoms with Gasteiger partial charge >= 0.3 is 0 Å². The van der Waals surface area contributed by atoms with Crippen LogP contribution in [0.25, 0.3) is 22.6 Å². The summed E-state index contributed by atoms with van der Waals surface area (Å²) >= 11 is 2.31. The smallest absolute Gasteiger partial charge is 0.184 e. The van der Waals surface area contributed by atoms with E-state index in [1.54, 1.807) is 24.2 Å². The highest BCUT2D eigenvalue weighted by molar-refractivity contribution is 14.2. The number of aryl methyl sites for hydroxylation is 2. The molecule has 1 aromatic carbocycles. The molecule has 3 heterocycles. The molecular weight excluding hydrogens is 490 g/mol. The average Bonchev–Trinajstić information content (AvgIpc) is 3.24. The molecule has 9 nitrogen and oxygen atoms in total. The average molecular weight is 508 g/mol. The van der Waals surface area contributed by atoms with Gasteiger partial charge in [-0.1, -0.05) is 6.07 Å². The highest BCUT2D eigenvalue weighted by Crippen LogP contribution is 2.39. The summed E-state index contributed by atoms with van der Waals surface area (Å²) in [6.45, 7) is 1.96. The maximum absolute atomic E-state index is 6.06. The number of para-hydroxylation sites is 1. The molecular formula is C17H18IN8OP. The molecule has 144 valence electrons. The first-order valence-electron chi connectivity index (χ1n) is 8.34. The molecule has 28 heavy (non-hydrogen) atoms. The molecule has 1 unspecified atom stereocenters. The number of halogens is 1. The van der Waals surface area contributed by atoms with Gasteiger partial charge in [-0.25, -0.2) is 15.0 Å². The molecule has 4 rings (SSSR count). The number of methoxy groups -OCH3 is 1. The number of nitrogens with two attached hydrogens (primary N) is 1. The highest BCUT2D eigenvalue weighted by Gasteiger charge is 2.18. The number of rotatable bonds is 5. The zero-order valence-corrected chi connectivity index (χ0v) is 18.6. The largest absolute Gasteiger partial charge is 0.494 e. The molecule has 0 spiro atoms. The lowest BCUT2D eigenvalue weighted by atomic mass is 10.1. The lowest BCUT2D eigenvalue weighted by molar-refractivity contribution is 0.418. The van der Waals surface area contributed by atoms with Gasteiger partial charge in [0.25, 0.3) is 0 Å². The molecule has 0 bridgehead atoms. The molecule has 0 aliphatic rings. The topological polar surface area (TPSA) is 109 Å². The molecule has 0 saturated heterocycles. The van der Waals surface area contributed by atoms with E-state index in [2.05, 4.69) is 47.4 Å². The van der Waals surface area contributed by atoms with Gasteiger partial charge < -0.3 is 15.8 Å².